The molecule has 1 aromatic carbocycles. The number of rotatable bonds is 5. The van der Waals surface area contributed by atoms with Crippen molar-refractivity contribution in [3.63, 3.8) is 0 Å². The standard InChI is InChI=1S/C20H27N3O2/c1-3-23-15(2)14-19(21-23)20(25)22-13-5-4-6-17(22)10-7-16-8-11-18(24)12-9-16/h8-9,11-12,14,17,24H,3-7,10,13H2,1-2H3/t17-/m0/s1. The third-order valence-corrected chi connectivity index (χ3v) is 5.09. The van der Waals surface area contributed by atoms with E-state index in [-0.39, 0.29) is 11.9 Å². The molecule has 5 nitrogen and oxygen atoms in total. The molecule has 0 saturated carbocycles. The summed E-state index contributed by atoms with van der Waals surface area (Å²) in [6, 6.07) is 9.52. The van der Waals surface area contributed by atoms with E-state index in [1.165, 1.54) is 12.0 Å². The van der Waals surface area contributed by atoms with Gasteiger partial charge in [0, 0.05) is 24.8 Å². The summed E-state index contributed by atoms with van der Waals surface area (Å²) < 4.78 is 1.88. The first-order chi connectivity index (χ1) is 12.1. The monoisotopic (exact) mass is 341 g/mol. The molecule has 25 heavy (non-hydrogen) atoms. The molecule has 1 aromatic heterocycles. The fourth-order valence-corrected chi connectivity index (χ4v) is 3.65. The maximum absolute atomic E-state index is 13.0. The molecule has 1 atom stereocenters. The Hall–Kier alpha value is -2.30. The van der Waals surface area contributed by atoms with Crippen molar-refractivity contribution in [1.82, 2.24) is 14.7 Å². The number of likely N-dealkylation sites (tertiary alicyclic amines) is 1. The molecule has 1 saturated heterocycles. The second-order valence-electron chi connectivity index (χ2n) is 6.84. The van der Waals surface area contributed by atoms with Gasteiger partial charge in [-0.1, -0.05) is 12.1 Å². The third kappa shape index (κ3) is 4.03. The first-order valence-corrected chi connectivity index (χ1v) is 9.22. The summed E-state index contributed by atoms with van der Waals surface area (Å²) in [5.74, 6) is 0.353. The van der Waals surface area contributed by atoms with Gasteiger partial charge in [0.25, 0.3) is 5.91 Å². The van der Waals surface area contributed by atoms with Gasteiger partial charge in [-0.3, -0.25) is 9.48 Å². The second-order valence-corrected chi connectivity index (χ2v) is 6.84. The molecule has 3 rings (SSSR count). The van der Waals surface area contributed by atoms with E-state index in [0.717, 1.165) is 44.5 Å². The average molecular weight is 341 g/mol. The van der Waals surface area contributed by atoms with Crippen LogP contribution in [0.25, 0.3) is 0 Å². The molecular weight excluding hydrogens is 314 g/mol. The van der Waals surface area contributed by atoms with Gasteiger partial charge in [0.15, 0.2) is 5.69 Å². The van der Waals surface area contributed by atoms with Crippen LogP contribution in [0, 0.1) is 6.92 Å². The quantitative estimate of drug-likeness (QED) is 0.905. The van der Waals surface area contributed by atoms with E-state index in [4.69, 9.17) is 0 Å². The molecule has 1 aliphatic heterocycles. The van der Waals surface area contributed by atoms with Crippen LogP contribution < -0.4 is 0 Å². The van der Waals surface area contributed by atoms with E-state index in [9.17, 15) is 9.90 Å². The van der Waals surface area contributed by atoms with Crippen LogP contribution in [0.1, 0.15) is 54.4 Å². The van der Waals surface area contributed by atoms with Crippen molar-refractivity contribution in [2.24, 2.45) is 0 Å². The number of aromatic hydroxyl groups is 1. The Balaban J connectivity index is 1.69. The van der Waals surface area contributed by atoms with Crippen LogP contribution in [0.3, 0.4) is 0 Å². The number of phenolic OH excluding ortho intramolecular Hbond substituents is 1. The molecule has 0 spiro atoms. The minimum Gasteiger partial charge on any atom is -0.508 e. The molecule has 2 heterocycles. The molecule has 2 aromatic rings. The van der Waals surface area contributed by atoms with E-state index < -0.39 is 0 Å². The minimum absolute atomic E-state index is 0.0608. The summed E-state index contributed by atoms with van der Waals surface area (Å²) in [6.45, 7) is 5.63. The van der Waals surface area contributed by atoms with Gasteiger partial charge in [0.2, 0.25) is 0 Å². The lowest BCUT2D eigenvalue weighted by atomic mass is 9.95. The molecule has 1 fully saturated rings. The Bertz CT molecular complexity index is 721. The number of hydrogen-bond acceptors (Lipinski definition) is 3. The molecule has 134 valence electrons. The van der Waals surface area contributed by atoms with Gasteiger partial charge < -0.3 is 10.0 Å². The number of piperidine rings is 1. The van der Waals surface area contributed by atoms with Gasteiger partial charge in [-0.25, -0.2) is 0 Å². The Morgan fingerprint density at radius 2 is 2.04 bits per heavy atom. The number of carbonyl (C=O) groups excluding carboxylic acids is 1. The molecule has 0 bridgehead atoms. The highest BCUT2D eigenvalue weighted by atomic mass is 16.3. The van der Waals surface area contributed by atoms with Crippen molar-refractivity contribution in [2.75, 3.05) is 6.54 Å². The van der Waals surface area contributed by atoms with Crippen molar-refractivity contribution >= 4 is 5.91 Å². The van der Waals surface area contributed by atoms with Gasteiger partial charge in [-0.2, -0.15) is 5.10 Å². The van der Waals surface area contributed by atoms with E-state index in [1.54, 1.807) is 12.1 Å². The van der Waals surface area contributed by atoms with Crippen molar-refractivity contribution in [2.45, 2.75) is 58.5 Å². The lowest BCUT2D eigenvalue weighted by Crippen LogP contribution is -2.44. The number of carbonyl (C=O) groups is 1. The molecule has 1 amide bonds. The zero-order valence-electron chi connectivity index (χ0n) is 15.1. The van der Waals surface area contributed by atoms with Gasteiger partial charge in [0.05, 0.1) is 0 Å². The summed E-state index contributed by atoms with van der Waals surface area (Å²) in [4.78, 5) is 15.0. The van der Waals surface area contributed by atoms with Gasteiger partial charge >= 0.3 is 0 Å². The average Bonchev–Trinajstić information content (AvgIpc) is 3.02. The number of aromatic nitrogens is 2. The highest BCUT2D eigenvalue weighted by molar-refractivity contribution is 5.92. The Kier molecular flexibility index (Phi) is 5.41. The number of nitrogens with zero attached hydrogens (tertiary/aromatic N) is 3. The first kappa shape index (κ1) is 17.5. The van der Waals surface area contributed by atoms with Crippen molar-refractivity contribution in [3.8, 4) is 5.75 Å². The second kappa shape index (κ2) is 7.72. The smallest absolute Gasteiger partial charge is 0.274 e. The van der Waals surface area contributed by atoms with Crippen molar-refractivity contribution < 1.29 is 9.90 Å². The van der Waals surface area contributed by atoms with E-state index in [0.29, 0.717) is 11.4 Å². The lowest BCUT2D eigenvalue weighted by molar-refractivity contribution is 0.0595. The number of amides is 1. The molecule has 0 radical (unpaired) electrons. The molecule has 0 aliphatic carbocycles. The van der Waals surface area contributed by atoms with E-state index in [1.807, 2.05) is 41.6 Å². The maximum atomic E-state index is 13.0. The fraction of sp³-hybridized carbons (Fsp3) is 0.500. The summed E-state index contributed by atoms with van der Waals surface area (Å²) in [6.07, 6.45) is 5.15. The highest BCUT2D eigenvalue weighted by Crippen LogP contribution is 2.24. The normalized spacial score (nSPS) is 17.7. The number of aryl methyl sites for hydroxylation is 3. The zero-order chi connectivity index (χ0) is 17.8. The minimum atomic E-state index is 0.0608. The van der Waals surface area contributed by atoms with Crippen molar-refractivity contribution in [3.05, 3.63) is 47.3 Å². The summed E-state index contributed by atoms with van der Waals surface area (Å²) >= 11 is 0. The van der Waals surface area contributed by atoms with Crippen LogP contribution in [0.5, 0.6) is 5.75 Å². The molecule has 0 unspecified atom stereocenters. The SMILES string of the molecule is CCn1nc(C(=O)N2CCCC[C@H]2CCc2ccc(O)cc2)cc1C. The van der Waals surface area contributed by atoms with Crippen LogP contribution in [-0.2, 0) is 13.0 Å². The lowest BCUT2D eigenvalue weighted by Gasteiger charge is -2.35. The van der Waals surface area contributed by atoms with Gasteiger partial charge in [-0.15, -0.1) is 0 Å². The number of phenols is 1. The molecule has 1 N–H and O–H groups in total. The van der Waals surface area contributed by atoms with E-state index >= 15 is 0 Å². The third-order valence-electron chi connectivity index (χ3n) is 5.09. The van der Waals surface area contributed by atoms with Crippen molar-refractivity contribution in [1.29, 1.82) is 0 Å². The fourth-order valence-electron chi connectivity index (χ4n) is 3.65. The topological polar surface area (TPSA) is 58.4 Å². The van der Waals surface area contributed by atoms with Gasteiger partial charge in [-0.05, 0) is 69.7 Å². The largest absolute Gasteiger partial charge is 0.508 e. The first-order valence-electron chi connectivity index (χ1n) is 9.22. The number of benzene rings is 1. The summed E-state index contributed by atoms with van der Waals surface area (Å²) in [5, 5.41) is 13.9. The highest BCUT2D eigenvalue weighted by Gasteiger charge is 2.28. The van der Waals surface area contributed by atoms with Gasteiger partial charge in [0.1, 0.15) is 5.75 Å². The summed E-state index contributed by atoms with van der Waals surface area (Å²) in [5.41, 5.74) is 2.79. The Morgan fingerprint density at radius 3 is 2.72 bits per heavy atom. The molecule has 5 heteroatoms. The molecular formula is C20H27N3O2. The van der Waals surface area contributed by atoms with Crippen LogP contribution in [0.15, 0.2) is 30.3 Å². The van der Waals surface area contributed by atoms with Crippen LogP contribution in [0.2, 0.25) is 0 Å². The Morgan fingerprint density at radius 1 is 1.28 bits per heavy atom. The zero-order valence-corrected chi connectivity index (χ0v) is 15.1. The predicted molar refractivity (Wildman–Crippen MR) is 97.7 cm³/mol. The van der Waals surface area contributed by atoms with Crippen LogP contribution in [0.4, 0.5) is 0 Å². The van der Waals surface area contributed by atoms with Crippen LogP contribution >= 0.6 is 0 Å². The Labute approximate surface area is 149 Å². The maximum Gasteiger partial charge on any atom is 0.274 e. The van der Waals surface area contributed by atoms with Crippen LogP contribution in [-0.4, -0.2) is 38.3 Å². The predicted octanol–water partition coefficient (Wildman–Crippen LogP) is 3.54. The van der Waals surface area contributed by atoms with E-state index in [2.05, 4.69) is 5.10 Å². The molecule has 1 aliphatic rings. The summed E-state index contributed by atoms with van der Waals surface area (Å²) in [7, 11) is 0. The number of hydrogen-bond donors (Lipinski definition) is 1.